The molecule has 0 aliphatic heterocycles. The fourth-order valence-corrected chi connectivity index (χ4v) is 1.60. The molecule has 6 nitrogen and oxygen atoms in total. The highest BCUT2D eigenvalue weighted by molar-refractivity contribution is 5.93. The molecular weight excluding hydrogens is 246 g/mol. The van der Waals surface area contributed by atoms with E-state index in [0.29, 0.717) is 12.6 Å². The van der Waals surface area contributed by atoms with Crippen molar-refractivity contribution in [1.82, 2.24) is 5.32 Å². The topological polar surface area (TPSA) is 84.3 Å². The molecule has 0 fully saturated rings. The average Bonchev–Trinajstić information content (AvgIpc) is 2.27. The summed E-state index contributed by atoms with van der Waals surface area (Å²) in [5, 5.41) is 16.6. The van der Waals surface area contributed by atoms with Crippen LogP contribution >= 0.6 is 0 Å². The van der Waals surface area contributed by atoms with Crippen LogP contribution in [0.25, 0.3) is 0 Å². The number of anilines is 1. The SMILES string of the molecule is Cc1ccc([N+](=O)[O-])c(NC(=O)CCNC(C)C)c1. The van der Waals surface area contributed by atoms with Crippen LogP contribution in [0.15, 0.2) is 18.2 Å². The predicted octanol–water partition coefficient (Wildman–Crippen LogP) is 2.23. The lowest BCUT2D eigenvalue weighted by molar-refractivity contribution is -0.383. The molecule has 0 radical (unpaired) electrons. The molecule has 0 bridgehead atoms. The monoisotopic (exact) mass is 265 g/mol. The van der Waals surface area contributed by atoms with Gasteiger partial charge in [-0.15, -0.1) is 0 Å². The summed E-state index contributed by atoms with van der Waals surface area (Å²) in [5.41, 5.74) is 1.02. The smallest absolute Gasteiger partial charge is 0.292 e. The highest BCUT2D eigenvalue weighted by Gasteiger charge is 2.15. The van der Waals surface area contributed by atoms with Crippen LogP contribution in [0.4, 0.5) is 11.4 Å². The zero-order valence-electron chi connectivity index (χ0n) is 11.4. The molecule has 0 saturated carbocycles. The Hall–Kier alpha value is -1.95. The second kappa shape index (κ2) is 6.84. The van der Waals surface area contributed by atoms with Gasteiger partial charge in [-0.1, -0.05) is 19.9 Å². The number of carbonyl (C=O) groups is 1. The van der Waals surface area contributed by atoms with Gasteiger partial charge in [0.1, 0.15) is 5.69 Å². The molecule has 0 aliphatic rings. The molecule has 0 aliphatic carbocycles. The van der Waals surface area contributed by atoms with Gasteiger partial charge >= 0.3 is 0 Å². The van der Waals surface area contributed by atoms with Gasteiger partial charge in [-0.05, 0) is 18.6 Å². The van der Waals surface area contributed by atoms with Gasteiger partial charge in [0.2, 0.25) is 5.91 Å². The Labute approximate surface area is 112 Å². The molecule has 104 valence electrons. The lowest BCUT2D eigenvalue weighted by atomic mass is 10.2. The van der Waals surface area contributed by atoms with Crippen molar-refractivity contribution < 1.29 is 9.72 Å². The first-order valence-electron chi connectivity index (χ1n) is 6.18. The van der Waals surface area contributed by atoms with Crippen LogP contribution in [0.5, 0.6) is 0 Å². The lowest BCUT2D eigenvalue weighted by Gasteiger charge is -2.09. The summed E-state index contributed by atoms with van der Waals surface area (Å²) in [5.74, 6) is -0.234. The number of benzene rings is 1. The van der Waals surface area contributed by atoms with Crippen molar-refractivity contribution in [2.45, 2.75) is 33.2 Å². The molecule has 0 heterocycles. The van der Waals surface area contributed by atoms with Crippen LogP contribution in [0.1, 0.15) is 25.8 Å². The molecule has 1 rings (SSSR count). The summed E-state index contributed by atoms with van der Waals surface area (Å²) in [4.78, 5) is 22.1. The summed E-state index contributed by atoms with van der Waals surface area (Å²) in [6.45, 7) is 6.34. The van der Waals surface area contributed by atoms with E-state index in [0.717, 1.165) is 5.56 Å². The minimum atomic E-state index is -0.499. The summed E-state index contributed by atoms with van der Waals surface area (Å²) in [7, 11) is 0. The zero-order chi connectivity index (χ0) is 14.4. The van der Waals surface area contributed by atoms with Crippen LogP contribution in [0, 0.1) is 17.0 Å². The summed E-state index contributed by atoms with van der Waals surface area (Å²) < 4.78 is 0. The van der Waals surface area contributed by atoms with Gasteiger partial charge in [0.05, 0.1) is 4.92 Å². The number of nitrogens with zero attached hydrogens (tertiary/aromatic N) is 1. The van der Waals surface area contributed by atoms with Gasteiger partial charge in [-0.25, -0.2) is 0 Å². The largest absolute Gasteiger partial charge is 0.320 e. The molecule has 1 aromatic carbocycles. The fraction of sp³-hybridized carbons (Fsp3) is 0.462. The van der Waals surface area contributed by atoms with E-state index in [2.05, 4.69) is 10.6 Å². The van der Waals surface area contributed by atoms with Crippen molar-refractivity contribution in [2.24, 2.45) is 0 Å². The maximum atomic E-state index is 11.7. The van der Waals surface area contributed by atoms with Crippen molar-refractivity contribution in [3.8, 4) is 0 Å². The molecule has 6 heteroatoms. The van der Waals surface area contributed by atoms with Crippen molar-refractivity contribution >= 4 is 17.3 Å². The first-order chi connectivity index (χ1) is 8.90. The average molecular weight is 265 g/mol. The van der Waals surface area contributed by atoms with Gasteiger partial charge in [-0.2, -0.15) is 0 Å². The molecule has 1 aromatic rings. The Morgan fingerprint density at radius 1 is 1.42 bits per heavy atom. The first kappa shape index (κ1) is 15.1. The molecular formula is C13H19N3O3. The minimum absolute atomic E-state index is 0.0873. The Kier molecular flexibility index (Phi) is 5.44. The third-order valence-corrected chi connectivity index (χ3v) is 2.53. The highest BCUT2D eigenvalue weighted by Crippen LogP contribution is 2.25. The van der Waals surface area contributed by atoms with E-state index in [1.807, 2.05) is 20.8 Å². The van der Waals surface area contributed by atoms with Crippen molar-refractivity contribution in [3.05, 3.63) is 33.9 Å². The number of nitrogens with one attached hydrogen (secondary N) is 2. The summed E-state index contributed by atoms with van der Waals surface area (Å²) >= 11 is 0. The quantitative estimate of drug-likeness (QED) is 0.610. The van der Waals surface area contributed by atoms with E-state index >= 15 is 0 Å². The highest BCUT2D eigenvalue weighted by atomic mass is 16.6. The molecule has 0 saturated heterocycles. The summed E-state index contributed by atoms with van der Waals surface area (Å²) in [6.07, 6.45) is 0.281. The van der Waals surface area contributed by atoms with E-state index in [4.69, 9.17) is 0 Å². The molecule has 19 heavy (non-hydrogen) atoms. The van der Waals surface area contributed by atoms with E-state index in [-0.39, 0.29) is 23.7 Å². The van der Waals surface area contributed by atoms with Crippen molar-refractivity contribution in [2.75, 3.05) is 11.9 Å². The van der Waals surface area contributed by atoms with Crippen molar-refractivity contribution in [1.29, 1.82) is 0 Å². The molecule has 0 unspecified atom stereocenters. The normalized spacial score (nSPS) is 10.5. The fourth-order valence-electron chi connectivity index (χ4n) is 1.60. The van der Waals surface area contributed by atoms with Gasteiger partial charge in [0.25, 0.3) is 5.69 Å². The third kappa shape index (κ3) is 5.05. The number of rotatable bonds is 6. The Morgan fingerprint density at radius 2 is 2.11 bits per heavy atom. The minimum Gasteiger partial charge on any atom is -0.320 e. The Bertz CT molecular complexity index is 472. The van der Waals surface area contributed by atoms with E-state index in [1.54, 1.807) is 12.1 Å². The zero-order valence-corrected chi connectivity index (χ0v) is 11.4. The van der Waals surface area contributed by atoms with Crippen LogP contribution in [-0.4, -0.2) is 23.4 Å². The van der Waals surface area contributed by atoms with E-state index < -0.39 is 4.92 Å². The second-order valence-electron chi connectivity index (χ2n) is 4.68. The standard InChI is InChI=1S/C13H19N3O3/c1-9(2)14-7-6-13(17)15-11-8-10(3)4-5-12(11)16(18)19/h4-5,8-9,14H,6-7H2,1-3H3,(H,15,17). The molecule has 0 atom stereocenters. The predicted molar refractivity (Wildman–Crippen MR) is 74.2 cm³/mol. The number of hydrogen-bond acceptors (Lipinski definition) is 4. The number of carbonyl (C=O) groups excluding carboxylic acids is 1. The van der Waals surface area contributed by atoms with Gasteiger partial charge < -0.3 is 10.6 Å². The second-order valence-corrected chi connectivity index (χ2v) is 4.68. The van der Waals surface area contributed by atoms with Crippen LogP contribution in [0.3, 0.4) is 0 Å². The van der Waals surface area contributed by atoms with Crippen molar-refractivity contribution in [3.63, 3.8) is 0 Å². The summed E-state index contributed by atoms with van der Waals surface area (Å²) in [6, 6.07) is 4.96. The van der Waals surface area contributed by atoms with Crippen LogP contribution < -0.4 is 10.6 Å². The van der Waals surface area contributed by atoms with E-state index in [1.165, 1.54) is 6.07 Å². The van der Waals surface area contributed by atoms with Gasteiger partial charge in [-0.3, -0.25) is 14.9 Å². The van der Waals surface area contributed by atoms with Gasteiger partial charge in [0, 0.05) is 25.1 Å². The molecule has 0 aromatic heterocycles. The first-order valence-corrected chi connectivity index (χ1v) is 6.18. The molecule has 0 spiro atoms. The number of amides is 1. The Morgan fingerprint density at radius 3 is 2.68 bits per heavy atom. The van der Waals surface area contributed by atoms with Crippen LogP contribution in [-0.2, 0) is 4.79 Å². The number of aryl methyl sites for hydroxylation is 1. The third-order valence-electron chi connectivity index (χ3n) is 2.53. The van der Waals surface area contributed by atoms with E-state index in [9.17, 15) is 14.9 Å². The van der Waals surface area contributed by atoms with Gasteiger partial charge in [0.15, 0.2) is 0 Å². The lowest BCUT2D eigenvalue weighted by Crippen LogP contribution is -2.27. The number of nitro benzene ring substituents is 1. The Balaban J connectivity index is 2.67. The number of nitro groups is 1. The molecule has 2 N–H and O–H groups in total. The van der Waals surface area contributed by atoms with Crippen LogP contribution in [0.2, 0.25) is 0 Å². The maximum Gasteiger partial charge on any atom is 0.292 e. The molecule has 1 amide bonds. The number of hydrogen-bond donors (Lipinski definition) is 2. The maximum absolute atomic E-state index is 11.7.